The quantitative estimate of drug-likeness (QED) is 0.880. The highest BCUT2D eigenvalue weighted by atomic mass is 16.5. The third-order valence-electron chi connectivity index (χ3n) is 2.56. The maximum atomic E-state index is 12.1. The lowest BCUT2D eigenvalue weighted by Crippen LogP contribution is -2.45. The summed E-state index contributed by atoms with van der Waals surface area (Å²) in [4.78, 5) is 23.8. The van der Waals surface area contributed by atoms with Crippen molar-refractivity contribution >= 4 is 11.8 Å². The van der Waals surface area contributed by atoms with Crippen molar-refractivity contribution in [3.8, 4) is 0 Å². The number of nitrogens with zero attached hydrogens (tertiary/aromatic N) is 1. The predicted molar refractivity (Wildman–Crippen MR) is 75.6 cm³/mol. The van der Waals surface area contributed by atoms with Gasteiger partial charge in [-0.2, -0.15) is 0 Å². The largest absolute Gasteiger partial charge is 0.360 e. The molecule has 0 spiro atoms. The summed E-state index contributed by atoms with van der Waals surface area (Å²) < 4.78 is 5.15. The third kappa shape index (κ3) is 4.36. The van der Waals surface area contributed by atoms with E-state index in [1.807, 2.05) is 34.6 Å². The van der Waals surface area contributed by atoms with Gasteiger partial charge in [0.05, 0.1) is 12.2 Å². The molecular weight excluding hydrogens is 258 g/mol. The van der Waals surface area contributed by atoms with E-state index in [4.69, 9.17) is 4.52 Å². The smallest absolute Gasteiger partial charge is 0.257 e. The first kappa shape index (κ1) is 16.2. The SMILES string of the molecule is Cc1noc(C(C)C)c1C(=O)NCC(=O)NC(C)(C)C. The molecule has 2 amide bonds. The maximum Gasteiger partial charge on any atom is 0.257 e. The van der Waals surface area contributed by atoms with E-state index < -0.39 is 0 Å². The van der Waals surface area contributed by atoms with Crippen LogP contribution >= 0.6 is 0 Å². The number of aromatic nitrogens is 1. The number of carbonyl (C=O) groups excluding carboxylic acids is 2. The minimum absolute atomic E-state index is 0.0559. The van der Waals surface area contributed by atoms with Crippen LogP contribution in [0.5, 0.6) is 0 Å². The Morgan fingerprint density at radius 2 is 1.90 bits per heavy atom. The van der Waals surface area contributed by atoms with Gasteiger partial charge < -0.3 is 15.2 Å². The van der Waals surface area contributed by atoms with E-state index in [0.29, 0.717) is 17.0 Å². The van der Waals surface area contributed by atoms with Gasteiger partial charge in [-0.25, -0.2) is 0 Å². The van der Waals surface area contributed by atoms with Crippen LogP contribution in [-0.2, 0) is 4.79 Å². The Labute approximate surface area is 119 Å². The molecule has 6 nitrogen and oxygen atoms in total. The molecule has 0 radical (unpaired) electrons. The van der Waals surface area contributed by atoms with Crippen LogP contribution in [0.1, 0.15) is 62.3 Å². The summed E-state index contributed by atoms with van der Waals surface area (Å²) in [5.74, 6) is 0.0270. The van der Waals surface area contributed by atoms with E-state index in [1.165, 1.54) is 0 Å². The molecule has 1 aromatic rings. The van der Waals surface area contributed by atoms with E-state index in [9.17, 15) is 9.59 Å². The molecule has 0 aliphatic carbocycles. The molecule has 0 bridgehead atoms. The number of carbonyl (C=O) groups is 2. The van der Waals surface area contributed by atoms with Gasteiger partial charge in [0.25, 0.3) is 5.91 Å². The van der Waals surface area contributed by atoms with Crippen LogP contribution in [0.15, 0.2) is 4.52 Å². The van der Waals surface area contributed by atoms with Gasteiger partial charge in [-0.05, 0) is 27.7 Å². The Hall–Kier alpha value is -1.85. The second-order valence-corrected chi connectivity index (χ2v) is 6.14. The highest BCUT2D eigenvalue weighted by molar-refractivity contribution is 5.98. The lowest BCUT2D eigenvalue weighted by molar-refractivity contribution is -0.121. The second kappa shape index (κ2) is 6.07. The van der Waals surface area contributed by atoms with Crippen LogP contribution in [0.3, 0.4) is 0 Å². The summed E-state index contributed by atoms with van der Waals surface area (Å²) in [5, 5.41) is 9.18. The first-order chi connectivity index (χ1) is 9.11. The van der Waals surface area contributed by atoms with Crippen LogP contribution in [-0.4, -0.2) is 29.1 Å². The molecular formula is C14H23N3O3. The zero-order chi connectivity index (χ0) is 15.5. The lowest BCUT2D eigenvalue weighted by Gasteiger charge is -2.20. The molecule has 0 aliphatic heterocycles. The van der Waals surface area contributed by atoms with Crippen LogP contribution in [0.4, 0.5) is 0 Å². The van der Waals surface area contributed by atoms with E-state index >= 15 is 0 Å². The number of aryl methyl sites for hydroxylation is 1. The molecule has 1 heterocycles. The van der Waals surface area contributed by atoms with Gasteiger partial charge in [0.15, 0.2) is 5.76 Å². The number of rotatable bonds is 4. The number of nitrogens with one attached hydrogen (secondary N) is 2. The average Bonchev–Trinajstić information content (AvgIpc) is 2.66. The topological polar surface area (TPSA) is 84.2 Å². The van der Waals surface area contributed by atoms with Crippen molar-refractivity contribution in [1.29, 1.82) is 0 Å². The predicted octanol–water partition coefficient (Wildman–Crippen LogP) is 1.75. The molecule has 0 atom stereocenters. The fourth-order valence-electron chi connectivity index (χ4n) is 1.77. The molecule has 2 N–H and O–H groups in total. The molecule has 0 saturated heterocycles. The van der Waals surface area contributed by atoms with Gasteiger partial charge in [0, 0.05) is 11.5 Å². The molecule has 6 heteroatoms. The van der Waals surface area contributed by atoms with E-state index in [2.05, 4.69) is 15.8 Å². The molecule has 112 valence electrons. The van der Waals surface area contributed by atoms with Crippen LogP contribution in [0.25, 0.3) is 0 Å². The lowest BCUT2D eigenvalue weighted by atomic mass is 10.0. The first-order valence-electron chi connectivity index (χ1n) is 6.67. The Morgan fingerprint density at radius 3 is 2.40 bits per heavy atom. The molecule has 1 rings (SSSR count). The Balaban J connectivity index is 2.69. The molecule has 0 saturated carbocycles. The fraction of sp³-hybridized carbons (Fsp3) is 0.643. The highest BCUT2D eigenvalue weighted by Gasteiger charge is 2.23. The average molecular weight is 281 g/mol. The van der Waals surface area contributed by atoms with Crippen LogP contribution in [0, 0.1) is 6.92 Å². The van der Waals surface area contributed by atoms with E-state index in [-0.39, 0.29) is 29.8 Å². The number of hydrogen-bond acceptors (Lipinski definition) is 4. The standard InChI is InChI=1S/C14H23N3O3/c1-8(2)12-11(9(3)17-20-12)13(19)15-7-10(18)16-14(4,5)6/h8H,7H2,1-6H3,(H,15,19)(H,16,18). The van der Waals surface area contributed by atoms with Gasteiger partial charge in [-0.3, -0.25) is 9.59 Å². The zero-order valence-corrected chi connectivity index (χ0v) is 13.0. The Morgan fingerprint density at radius 1 is 1.30 bits per heavy atom. The van der Waals surface area contributed by atoms with Crippen molar-refractivity contribution in [2.75, 3.05) is 6.54 Å². The Bertz CT molecular complexity index is 498. The number of hydrogen-bond donors (Lipinski definition) is 2. The van der Waals surface area contributed by atoms with Crippen molar-refractivity contribution < 1.29 is 14.1 Å². The van der Waals surface area contributed by atoms with Crippen LogP contribution < -0.4 is 10.6 Å². The normalized spacial score (nSPS) is 11.6. The Kier molecular flexibility index (Phi) is 4.92. The zero-order valence-electron chi connectivity index (χ0n) is 13.0. The fourth-order valence-corrected chi connectivity index (χ4v) is 1.77. The van der Waals surface area contributed by atoms with Crippen molar-refractivity contribution in [2.24, 2.45) is 0 Å². The summed E-state index contributed by atoms with van der Waals surface area (Å²) in [6, 6.07) is 0. The van der Waals surface area contributed by atoms with Crippen molar-refractivity contribution in [3.05, 3.63) is 17.0 Å². The number of amides is 2. The second-order valence-electron chi connectivity index (χ2n) is 6.14. The monoisotopic (exact) mass is 281 g/mol. The maximum absolute atomic E-state index is 12.1. The highest BCUT2D eigenvalue weighted by Crippen LogP contribution is 2.21. The van der Waals surface area contributed by atoms with Gasteiger partial charge >= 0.3 is 0 Å². The summed E-state index contributed by atoms with van der Waals surface area (Å²) in [6.07, 6.45) is 0. The van der Waals surface area contributed by atoms with Gasteiger partial charge in [0.2, 0.25) is 5.91 Å². The van der Waals surface area contributed by atoms with Gasteiger partial charge in [0.1, 0.15) is 5.56 Å². The summed E-state index contributed by atoms with van der Waals surface area (Å²) in [6.45, 7) is 11.1. The summed E-state index contributed by atoms with van der Waals surface area (Å²) in [5.41, 5.74) is 0.629. The molecule has 1 aromatic heterocycles. The van der Waals surface area contributed by atoms with Crippen molar-refractivity contribution in [1.82, 2.24) is 15.8 Å². The van der Waals surface area contributed by atoms with Gasteiger partial charge in [-0.15, -0.1) is 0 Å². The summed E-state index contributed by atoms with van der Waals surface area (Å²) in [7, 11) is 0. The van der Waals surface area contributed by atoms with Crippen molar-refractivity contribution in [2.45, 2.75) is 53.0 Å². The first-order valence-corrected chi connectivity index (χ1v) is 6.67. The third-order valence-corrected chi connectivity index (χ3v) is 2.56. The molecule has 0 aliphatic rings. The van der Waals surface area contributed by atoms with Crippen molar-refractivity contribution in [3.63, 3.8) is 0 Å². The van der Waals surface area contributed by atoms with E-state index in [0.717, 1.165) is 0 Å². The molecule has 20 heavy (non-hydrogen) atoms. The molecule has 0 unspecified atom stereocenters. The molecule has 0 fully saturated rings. The minimum atomic E-state index is -0.337. The molecule has 0 aromatic carbocycles. The van der Waals surface area contributed by atoms with Crippen LogP contribution in [0.2, 0.25) is 0 Å². The summed E-state index contributed by atoms with van der Waals surface area (Å²) >= 11 is 0. The van der Waals surface area contributed by atoms with E-state index in [1.54, 1.807) is 6.92 Å². The minimum Gasteiger partial charge on any atom is -0.360 e. The van der Waals surface area contributed by atoms with Gasteiger partial charge in [-0.1, -0.05) is 19.0 Å².